The van der Waals surface area contributed by atoms with Gasteiger partial charge in [-0.25, -0.2) is 4.68 Å². The molecule has 0 saturated carbocycles. The van der Waals surface area contributed by atoms with Crippen LogP contribution < -0.4 is 5.73 Å². The van der Waals surface area contributed by atoms with Crippen molar-refractivity contribution in [2.45, 2.75) is 26.8 Å². The maximum absolute atomic E-state index is 5.87. The van der Waals surface area contributed by atoms with E-state index in [9.17, 15) is 0 Å². The number of nitrogens with zero attached hydrogens (tertiary/aromatic N) is 2. The number of hydrogen-bond acceptors (Lipinski definition) is 2. The van der Waals surface area contributed by atoms with Crippen LogP contribution in [0.3, 0.4) is 0 Å². The van der Waals surface area contributed by atoms with E-state index < -0.39 is 0 Å². The monoisotopic (exact) mass is 263 g/mol. The zero-order chi connectivity index (χ0) is 13.1. The number of aromatic nitrogens is 2. The van der Waals surface area contributed by atoms with Gasteiger partial charge in [0.05, 0.1) is 12.7 Å². The van der Waals surface area contributed by atoms with E-state index in [1.165, 1.54) is 11.1 Å². The summed E-state index contributed by atoms with van der Waals surface area (Å²) in [5.74, 6) is 1.19. The molecular weight excluding hydrogens is 246 g/mol. The molecular formula is C14H18ClN3. The Morgan fingerprint density at radius 3 is 2.33 bits per heavy atom. The largest absolute Gasteiger partial charge is 0.383 e. The van der Waals surface area contributed by atoms with E-state index in [1.807, 2.05) is 0 Å². The van der Waals surface area contributed by atoms with Crippen LogP contribution in [-0.4, -0.2) is 9.78 Å². The van der Waals surface area contributed by atoms with Crippen LogP contribution in [-0.2, 0) is 13.0 Å². The van der Waals surface area contributed by atoms with E-state index in [2.05, 4.69) is 43.2 Å². The second-order valence-corrected chi connectivity index (χ2v) is 5.36. The summed E-state index contributed by atoms with van der Waals surface area (Å²) in [4.78, 5) is 0. The molecule has 0 bridgehead atoms. The average Bonchev–Trinajstić information content (AvgIpc) is 2.63. The number of nitrogen functional groups attached to an aromatic ring is 1. The third-order valence-electron chi connectivity index (χ3n) is 2.83. The van der Waals surface area contributed by atoms with E-state index in [0.717, 1.165) is 6.42 Å². The van der Waals surface area contributed by atoms with Crippen LogP contribution >= 0.6 is 11.6 Å². The highest BCUT2D eigenvalue weighted by Gasteiger charge is 2.05. The summed E-state index contributed by atoms with van der Waals surface area (Å²) >= 11 is 5.87. The van der Waals surface area contributed by atoms with E-state index >= 15 is 0 Å². The quantitative estimate of drug-likeness (QED) is 0.919. The van der Waals surface area contributed by atoms with Crippen molar-refractivity contribution < 1.29 is 0 Å². The second kappa shape index (κ2) is 5.44. The topological polar surface area (TPSA) is 43.8 Å². The molecule has 0 saturated heterocycles. The zero-order valence-corrected chi connectivity index (χ0v) is 11.5. The first-order valence-corrected chi connectivity index (χ1v) is 6.48. The van der Waals surface area contributed by atoms with Gasteiger partial charge in [0.1, 0.15) is 10.8 Å². The molecule has 0 amide bonds. The first-order valence-electron chi connectivity index (χ1n) is 6.11. The Morgan fingerprint density at radius 1 is 1.22 bits per heavy atom. The summed E-state index contributed by atoms with van der Waals surface area (Å²) < 4.78 is 1.71. The van der Waals surface area contributed by atoms with Crippen LogP contribution in [0.1, 0.15) is 25.0 Å². The van der Waals surface area contributed by atoms with Gasteiger partial charge >= 0.3 is 0 Å². The Balaban J connectivity index is 2.08. The van der Waals surface area contributed by atoms with Gasteiger partial charge in [-0.1, -0.05) is 49.7 Å². The number of benzene rings is 1. The van der Waals surface area contributed by atoms with Crippen molar-refractivity contribution in [3.8, 4) is 0 Å². The molecule has 0 radical (unpaired) electrons. The van der Waals surface area contributed by atoms with Gasteiger partial charge in [0.25, 0.3) is 0 Å². The maximum atomic E-state index is 5.87. The second-order valence-electron chi connectivity index (χ2n) is 4.95. The van der Waals surface area contributed by atoms with Crippen molar-refractivity contribution in [3.05, 3.63) is 46.6 Å². The number of hydrogen-bond donors (Lipinski definition) is 1. The van der Waals surface area contributed by atoms with Gasteiger partial charge in [-0.15, -0.1) is 0 Å². The standard InChI is InChI=1S/C14H18ClN3/c1-10(2)7-11-3-5-12(6-4-11)9-18-14(16)13(15)8-17-18/h3-6,8,10H,7,9,16H2,1-2H3. The molecule has 1 heterocycles. The van der Waals surface area contributed by atoms with Crippen LogP contribution in [0, 0.1) is 5.92 Å². The summed E-state index contributed by atoms with van der Waals surface area (Å²) in [6, 6.07) is 8.56. The molecule has 4 heteroatoms. The third kappa shape index (κ3) is 3.05. The average molecular weight is 264 g/mol. The van der Waals surface area contributed by atoms with Crippen LogP contribution in [0.5, 0.6) is 0 Å². The van der Waals surface area contributed by atoms with E-state index in [-0.39, 0.29) is 0 Å². The molecule has 0 atom stereocenters. The molecule has 0 aliphatic heterocycles. The molecule has 1 aromatic carbocycles. The molecule has 2 aromatic rings. The smallest absolute Gasteiger partial charge is 0.140 e. The van der Waals surface area contributed by atoms with Crippen LogP contribution in [0.15, 0.2) is 30.5 Å². The molecule has 0 spiro atoms. The zero-order valence-electron chi connectivity index (χ0n) is 10.7. The van der Waals surface area contributed by atoms with Crippen molar-refractivity contribution in [1.82, 2.24) is 9.78 Å². The fourth-order valence-electron chi connectivity index (χ4n) is 1.92. The number of halogens is 1. The van der Waals surface area contributed by atoms with E-state index in [4.69, 9.17) is 17.3 Å². The third-order valence-corrected chi connectivity index (χ3v) is 3.12. The molecule has 0 fully saturated rings. The number of anilines is 1. The Labute approximate surface area is 113 Å². The van der Waals surface area contributed by atoms with Gasteiger partial charge in [0.2, 0.25) is 0 Å². The minimum absolute atomic E-state index is 0.506. The first kappa shape index (κ1) is 13.0. The van der Waals surface area contributed by atoms with Gasteiger partial charge in [-0.05, 0) is 23.5 Å². The Morgan fingerprint density at radius 2 is 1.83 bits per heavy atom. The molecule has 2 rings (SSSR count). The van der Waals surface area contributed by atoms with Crippen LogP contribution in [0.4, 0.5) is 5.82 Å². The highest BCUT2D eigenvalue weighted by atomic mass is 35.5. The number of nitrogens with two attached hydrogens (primary N) is 1. The first-order chi connectivity index (χ1) is 8.56. The van der Waals surface area contributed by atoms with Crippen LogP contribution in [0.25, 0.3) is 0 Å². The predicted octanol–water partition coefficient (Wildman–Crippen LogP) is 3.37. The minimum Gasteiger partial charge on any atom is -0.383 e. The highest BCUT2D eigenvalue weighted by Crippen LogP contribution is 2.18. The highest BCUT2D eigenvalue weighted by molar-refractivity contribution is 6.32. The van der Waals surface area contributed by atoms with Gasteiger partial charge < -0.3 is 5.73 Å². The van der Waals surface area contributed by atoms with Gasteiger partial charge in [0.15, 0.2) is 0 Å². The molecule has 0 aliphatic rings. The fraction of sp³-hybridized carbons (Fsp3) is 0.357. The lowest BCUT2D eigenvalue weighted by molar-refractivity contribution is 0.646. The normalized spacial score (nSPS) is 11.1. The summed E-state index contributed by atoms with van der Waals surface area (Å²) in [5, 5.41) is 4.65. The molecule has 0 aliphatic carbocycles. The van der Waals surface area contributed by atoms with E-state index in [0.29, 0.717) is 23.3 Å². The predicted molar refractivity (Wildman–Crippen MR) is 75.7 cm³/mol. The minimum atomic E-state index is 0.506. The molecule has 18 heavy (non-hydrogen) atoms. The Hall–Kier alpha value is -1.48. The van der Waals surface area contributed by atoms with Crippen molar-refractivity contribution in [2.24, 2.45) is 5.92 Å². The lowest BCUT2D eigenvalue weighted by Gasteiger charge is -2.07. The molecule has 2 N–H and O–H groups in total. The fourth-order valence-corrected chi connectivity index (χ4v) is 2.06. The van der Waals surface area contributed by atoms with Crippen molar-refractivity contribution in [2.75, 3.05) is 5.73 Å². The molecule has 1 aromatic heterocycles. The SMILES string of the molecule is CC(C)Cc1ccc(Cn2ncc(Cl)c2N)cc1. The van der Waals surface area contributed by atoms with Crippen molar-refractivity contribution >= 4 is 17.4 Å². The Kier molecular flexibility index (Phi) is 3.92. The molecule has 0 unspecified atom stereocenters. The van der Waals surface area contributed by atoms with Gasteiger partial charge in [-0.3, -0.25) is 0 Å². The Bertz CT molecular complexity index is 514. The number of rotatable bonds is 4. The lowest BCUT2D eigenvalue weighted by Crippen LogP contribution is -2.06. The molecule has 96 valence electrons. The summed E-state index contributed by atoms with van der Waals surface area (Å²) in [6.07, 6.45) is 2.68. The summed E-state index contributed by atoms with van der Waals surface area (Å²) in [6.45, 7) is 5.10. The van der Waals surface area contributed by atoms with Crippen molar-refractivity contribution in [3.63, 3.8) is 0 Å². The van der Waals surface area contributed by atoms with Crippen LogP contribution in [0.2, 0.25) is 5.02 Å². The van der Waals surface area contributed by atoms with Gasteiger partial charge in [0, 0.05) is 0 Å². The van der Waals surface area contributed by atoms with Crippen molar-refractivity contribution in [1.29, 1.82) is 0 Å². The lowest BCUT2D eigenvalue weighted by atomic mass is 10.0. The molecule has 3 nitrogen and oxygen atoms in total. The summed E-state index contributed by atoms with van der Waals surface area (Å²) in [7, 11) is 0. The maximum Gasteiger partial charge on any atom is 0.140 e. The van der Waals surface area contributed by atoms with E-state index in [1.54, 1.807) is 10.9 Å². The van der Waals surface area contributed by atoms with Gasteiger partial charge in [-0.2, -0.15) is 5.10 Å². The summed E-state index contributed by atoms with van der Waals surface area (Å²) in [5.41, 5.74) is 8.35.